The maximum absolute atomic E-state index is 13.3. The molecule has 4 N–H and O–H groups in total. The molecule has 8 heteroatoms. The summed E-state index contributed by atoms with van der Waals surface area (Å²) >= 11 is 6.07. The van der Waals surface area contributed by atoms with Gasteiger partial charge in [0.15, 0.2) is 0 Å². The van der Waals surface area contributed by atoms with Crippen molar-refractivity contribution in [3.8, 4) is 0 Å². The van der Waals surface area contributed by atoms with Crippen LogP contribution in [0.2, 0.25) is 5.02 Å². The van der Waals surface area contributed by atoms with Crippen molar-refractivity contribution in [3.05, 3.63) is 58.4 Å². The van der Waals surface area contributed by atoms with Gasteiger partial charge in [-0.05, 0) is 35.4 Å². The Morgan fingerprint density at radius 2 is 2.08 bits per heavy atom. The molecular weight excluding hydrogens is 353 g/mol. The van der Waals surface area contributed by atoms with E-state index in [1.165, 1.54) is 12.1 Å². The van der Waals surface area contributed by atoms with Gasteiger partial charge in [0, 0.05) is 31.2 Å². The summed E-state index contributed by atoms with van der Waals surface area (Å²) in [6, 6.07) is 9.46. The number of sulfonamides is 1. The molecule has 3 rings (SSSR count). The predicted molar refractivity (Wildman–Crippen MR) is 92.4 cm³/mol. The first-order chi connectivity index (χ1) is 11.4. The van der Waals surface area contributed by atoms with Crippen LogP contribution >= 0.6 is 11.6 Å². The van der Waals surface area contributed by atoms with E-state index in [9.17, 15) is 12.8 Å². The maximum atomic E-state index is 13.3. The lowest BCUT2D eigenvalue weighted by molar-refractivity contribution is 0.582. The summed E-state index contributed by atoms with van der Waals surface area (Å²) in [5.41, 5.74) is 7.79. The van der Waals surface area contributed by atoms with Crippen molar-refractivity contribution < 1.29 is 12.8 Å². The smallest absolute Gasteiger partial charge is 0.242 e. The van der Waals surface area contributed by atoms with Crippen LogP contribution in [0.5, 0.6) is 0 Å². The minimum Gasteiger partial charge on any atom is -0.384 e. The summed E-state index contributed by atoms with van der Waals surface area (Å²) in [6.45, 7) is 0.897. The zero-order chi connectivity index (χ0) is 17.3. The molecule has 0 saturated heterocycles. The predicted octanol–water partition coefficient (Wildman–Crippen LogP) is 2.27. The summed E-state index contributed by atoms with van der Waals surface area (Å²) in [5.74, 6) is -0.381. The highest BCUT2D eigenvalue weighted by molar-refractivity contribution is 7.89. The average Bonchev–Trinajstić information content (AvgIpc) is 2.96. The van der Waals surface area contributed by atoms with E-state index in [4.69, 9.17) is 17.3 Å². The minimum atomic E-state index is -3.73. The Morgan fingerprint density at radius 3 is 2.83 bits per heavy atom. The molecule has 1 heterocycles. The second-order valence-corrected chi connectivity index (χ2v) is 7.68. The maximum Gasteiger partial charge on any atom is 0.242 e. The molecule has 0 spiro atoms. The summed E-state index contributed by atoms with van der Waals surface area (Å²) < 4.78 is 40.4. The lowest BCUT2D eigenvalue weighted by Crippen LogP contribution is -2.29. The topological polar surface area (TPSA) is 84.2 Å². The van der Waals surface area contributed by atoms with E-state index in [0.29, 0.717) is 6.54 Å². The number of anilines is 1. The first-order valence-electron chi connectivity index (χ1n) is 7.45. The van der Waals surface area contributed by atoms with Crippen molar-refractivity contribution in [3.63, 3.8) is 0 Å². The van der Waals surface area contributed by atoms with Gasteiger partial charge in [-0.2, -0.15) is 0 Å². The SMILES string of the molecule is NCCNS(=O)(=O)c1cc(C2CNc3cc(F)ccc32)ccc1Cl. The molecule has 128 valence electrons. The Bertz CT molecular complexity index is 874. The molecule has 1 aliphatic heterocycles. The number of hydrogen-bond acceptors (Lipinski definition) is 4. The van der Waals surface area contributed by atoms with Crippen LogP contribution < -0.4 is 15.8 Å². The number of benzene rings is 2. The van der Waals surface area contributed by atoms with Crippen LogP contribution in [-0.2, 0) is 10.0 Å². The van der Waals surface area contributed by atoms with Crippen molar-refractivity contribution in [2.75, 3.05) is 25.0 Å². The summed E-state index contributed by atoms with van der Waals surface area (Å²) in [6.07, 6.45) is 0. The van der Waals surface area contributed by atoms with Crippen LogP contribution in [0.1, 0.15) is 17.0 Å². The quantitative estimate of drug-likeness (QED) is 0.755. The first kappa shape index (κ1) is 17.2. The average molecular weight is 370 g/mol. The fourth-order valence-electron chi connectivity index (χ4n) is 2.82. The number of fused-ring (bicyclic) bond motifs is 1. The van der Waals surface area contributed by atoms with Gasteiger partial charge < -0.3 is 11.1 Å². The molecule has 1 atom stereocenters. The Balaban J connectivity index is 1.99. The third-order valence-corrected chi connectivity index (χ3v) is 5.91. The van der Waals surface area contributed by atoms with Gasteiger partial charge in [-0.3, -0.25) is 0 Å². The summed E-state index contributed by atoms with van der Waals surface area (Å²) in [5, 5.41) is 3.29. The fraction of sp³-hybridized carbons (Fsp3) is 0.250. The Hall–Kier alpha value is -1.67. The van der Waals surface area contributed by atoms with Gasteiger partial charge in [0.05, 0.1) is 5.02 Å². The van der Waals surface area contributed by atoms with Gasteiger partial charge in [-0.25, -0.2) is 17.5 Å². The van der Waals surface area contributed by atoms with E-state index < -0.39 is 10.0 Å². The Labute approximate surface area is 145 Å². The third-order valence-electron chi connectivity index (χ3n) is 3.97. The van der Waals surface area contributed by atoms with E-state index in [2.05, 4.69) is 10.0 Å². The molecule has 0 aliphatic carbocycles. The highest BCUT2D eigenvalue weighted by Gasteiger charge is 2.26. The minimum absolute atomic E-state index is 0.0191. The largest absolute Gasteiger partial charge is 0.384 e. The van der Waals surface area contributed by atoms with Gasteiger partial charge in [-0.1, -0.05) is 23.7 Å². The lowest BCUT2D eigenvalue weighted by atomic mass is 9.93. The number of hydrogen-bond donors (Lipinski definition) is 3. The molecule has 0 saturated carbocycles. The third kappa shape index (κ3) is 3.25. The first-order valence-corrected chi connectivity index (χ1v) is 9.31. The van der Waals surface area contributed by atoms with Crippen molar-refractivity contribution in [1.82, 2.24) is 4.72 Å². The summed E-state index contributed by atoms with van der Waals surface area (Å²) in [4.78, 5) is 0.0191. The highest BCUT2D eigenvalue weighted by atomic mass is 35.5. The van der Waals surface area contributed by atoms with E-state index in [1.54, 1.807) is 24.3 Å². The zero-order valence-corrected chi connectivity index (χ0v) is 14.3. The monoisotopic (exact) mass is 369 g/mol. The van der Waals surface area contributed by atoms with Crippen LogP contribution in [0.15, 0.2) is 41.3 Å². The summed E-state index contributed by atoms with van der Waals surface area (Å²) in [7, 11) is -3.73. The van der Waals surface area contributed by atoms with E-state index >= 15 is 0 Å². The van der Waals surface area contributed by atoms with Crippen LogP contribution in [0.25, 0.3) is 0 Å². The molecule has 1 unspecified atom stereocenters. The number of rotatable bonds is 5. The molecule has 0 amide bonds. The van der Waals surface area contributed by atoms with Gasteiger partial charge in [0.25, 0.3) is 0 Å². The van der Waals surface area contributed by atoms with Crippen molar-refractivity contribution in [1.29, 1.82) is 0 Å². The fourth-order valence-corrected chi connectivity index (χ4v) is 4.40. The van der Waals surface area contributed by atoms with Crippen LogP contribution in [-0.4, -0.2) is 28.1 Å². The van der Waals surface area contributed by atoms with Crippen LogP contribution in [0.4, 0.5) is 10.1 Å². The molecule has 1 aliphatic rings. The second-order valence-electron chi connectivity index (χ2n) is 5.54. The molecule has 2 aromatic rings. The normalized spacial score (nSPS) is 16.7. The molecule has 24 heavy (non-hydrogen) atoms. The Morgan fingerprint density at radius 1 is 1.29 bits per heavy atom. The van der Waals surface area contributed by atoms with Gasteiger partial charge >= 0.3 is 0 Å². The van der Waals surface area contributed by atoms with Gasteiger partial charge in [0.1, 0.15) is 10.7 Å². The van der Waals surface area contributed by atoms with Crippen LogP contribution in [0, 0.1) is 5.82 Å². The molecule has 0 radical (unpaired) electrons. The van der Waals surface area contributed by atoms with E-state index in [1.807, 2.05) is 0 Å². The molecular formula is C16H17ClFN3O2S. The molecule has 0 fully saturated rings. The molecule has 0 aromatic heterocycles. The van der Waals surface area contributed by atoms with E-state index in [-0.39, 0.29) is 34.7 Å². The van der Waals surface area contributed by atoms with E-state index in [0.717, 1.165) is 16.8 Å². The number of halogens is 2. The second kappa shape index (κ2) is 6.68. The van der Waals surface area contributed by atoms with Crippen molar-refractivity contribution in [2.24, 2.45) is 5.73 Å². The molecule has 0 bridgehead atoms. The molecule has 2 aromatic carbocycles. The van der Waals surface area contributed by atoms with Gasteiger partial charge in [-0.15, -0.1) is 0 Å². The van der Waals surface area contributed by atoms with Gasteiger partial charge in [0.2, 0.25) is 10.0 Å². The lowest BCUT2D eigenvalue weighted by Gasteiger charge is -2.14. The highest BCUT2D eigenvalue weighted by Crippen LogP contribution is 2.38. The number of nitrogens with one attached hydrogen (secondary N) is 2. The number of nitrogens with two attached hydrogens (primary N) is 1. The van der Waals surface area contributed by atoms with Crippen LogP contribution in [0.3, 0.4) is 0 Å². The Kier molecular flexibility index (Phi) is 4.78. The van der Waals surface area contributed by atoms with Crippen molar-refractivity contribution >= 4 is 27.3 Å². The zero-order valence-electron chi connectivity index (χ0n) is 12.7. The molecule has 5 nitrogen and oxygen atoms in total. The van der Waals surface area contributed by atoms with Crippen molar-refractivity contribution in [2.45, 2.75) is 10.8 Å². The standard InChI is InChI=1S/C16H17ClFN3O2S/c17-14-4-1-10(7-16(14)24(22,23)21-6-5-19)13-9-20-15-8-11(18)2-3-12(13)15/h1-4,7-8,13,20-21H,5-6,9,19H2.